The Morgan fingerprint density at radius 1 is 1.26 bits per heavy atom. The van der Waals surface area contributed by atoms with Gasteiger partial charge in [-0.25, -0.2) is 4.39 Å². The van der Waals surface area contributed by atoms with Crippen LogP contribution in [0.25, 0.3) is 0 Å². The maximum absolute atomic E-state index is 13.5. The molecule has 0 fully saturated rings. The quantitative estimate of drug-likeness (QED) is 0.619. The number of nitrogens with zero attached hydrogens (tertiary/aromatic N) is 2. The molecule has 0 spiro atoms. The van der Waals surface area contributed by atoms with E-state index in [4.69, 9.17) is 4.74 Å². The van der Waals surface area contributed by atoms with E-state index >= 15 is 0 Å². The summed E-state index contributed by atoms with van der Waals surface area (Å²) in [6.07, 6.45) is 3.00. The fourth-order valence-electron chi connectivity index (χ4n) is 1.59. The van der Waals surface area contributed by atoms with Crippen molar-refractivity contribution in [3.05, 3.63) is 59.7 Å². The van der Waals surface area contributed by atoms with Crippen LogP contribution < -0.4 is 4.74 Å². The lowest BCUT2D eigenvalue weighted by Crippen LogP contribution is -2.25. The number of rotatable bonds is 5. The van der Waals surface area contributed by atoms with Gasteiger partial charge in [0, 0.05) is 5.56 Å². The van der Waals surface area contributed by atoms with Gasteiger partial charge in [-0.15, -0.1) is 0 Å². The Bertz CT molecular complexity index is 669. The van der Waals surface area contributed by atoms with Crippen LogP contribution in [0, 0.1) is 5.82 Å². The minimum atomic E-state index is -1.32. The molecule has 1 aromatic heterocycles. The number of pyridine rings is 1. The Hall–Kier alpha value is -1.92. The summed E-state index contributed by atoms with van der Waals surface area (Å²) in [7, 11) is 0. The summed E-state index contributed by atoms with van der Waals surface area (Å²) in [5.41, 5.74) is 1.07. The minimum absolute atomic E-state index is 0.135. The molecule has 0 unspecified atom stereocenters. The van der Waals surface area contributed by atoms with Crippen LogP contribution in [0.2, 0.25) is 0 Å². The molecule has 1 heterocycles. The van der Waals surface area contributed by atoms with Gasteiger partial charge in [0.15, 0.2) is 0 Å². The number of hydrogen-bond donors (Lipinski definition) is 0. The van der Waals surface area contributed by atoms with E-state index in [1.165, 1.54) is 18.5 Å². The highest BCUT2D eigenvalue weighted by Gasteiger charge is 2.25. The number of hydrogen-bond acceptors (Lipinski definition) is 4. The van der Waals surface area contributed by atoms with Crippen LogP contribution in [0.15, 0.2) is 47.0 Å². The molecule has 2 rings (SSSR count). The third-order valence-electron chi connectivity index (χ3n) is 2.92. The lowest BCUT2D eigenvalue weighted by atomic mass is 10.2. The molecular formula is C17H19FN2O2S. The number of aromatic nitrogens is 1. The van der Waals surface area contributed by atoms with Gasteiger partial charge in [0.05, 0.1) is 11.9 Å². The van der Waals surface area contributed by atoms with Gasteiger partial charge in [-0.2, -0.15) is 0 Å². The Morgan fingerprint density at radius 3 is 2.61 bits per heavy atom. The standard InChI is InChI=1S/C17H19FN2O2S/c1-17(2,3)23(21)20-10-14-8-9-15(11-19-14)22-12-13-6-4-5-7-16(13)18/h4-11H,12H2,1-3H3/t23-/m1/s1. The normalized spacial score (nSPS) is 13.3. The van der Waals surface area contributed by atoms with Crippen LogP contribution in [0.3, 0.4) is 0 Å². The van der Waals surface area contributed by atoms with Crippen molar-refractivity contribution in [3.63, 3.8) is 0 Å². The SMILES string of the molecule is CC(C)(C)[S@@+]([O-])N=Cc1ccc(OCc2ccccc2F)cn1. The Labute approximate surface area is 138 Å². The van der Waals surface area contributed by atoms with Crippen LogP contribution in [-0.2, 0) is 18.0 Å². The topological polar surface area (TPSA) is 57.5 Å². The van der Waals surface area contributed by atoms with Crippen molar-refractivity contribution in [1.82, 2.24) is 4.98 Å². The Morgan fingerprint density at radius 2 is 2.00 bits per heavy atom. The number of ether oxygens (including phenoxy) is 1. The van der Waals surface area contributed by atoms with Crippen LogP contribution in [0.5, 0.6) is 5.75 Å². The zero-order chi connectivity index (χ0) is 16.9. The van der Waals surface area contributed by atoms with Crippen molar-refractivity contribution >= 4 is 17.6 Å². The molecule has 4 nitrogen and oxygen atoms in total. The molecule has 2 aromatic rings. The van der Waals surface area contributed by atoms with E-state index in [9.17, 15) is 8.94 Å². The van der Waals surface area contributed by atoms with Gasteiger partial charge in [-0.1, -0.05) is 22.6 Å². The molecule has 0 N–H and O–H groups in total. The van der Waals surface area contributed by atoms with Crippen LogP contribution in [-0.4, -0.2) is 20.5 Å². The van der Waals surface area contributed by atoms with E-state index in [0.717, 1.165) is 0 Å². The summed E-state index contributed by atoms with van der Waals surface area (Å²) < 4.78 is 34.4. The first-order valence-electron chi connectivity index (χ1n) is 7.14. The van der Waals surface area contributed by atoms with E-state index < -0.39 is 16.1 Å². The number of benzene rings is 1. The van der Waals surface area contributed by atoms with E-state index in [0.29, 0.717) is 17.0 Å². The largest absolute Gasteiger partial charge is 0.591 e. The highest BCUT2D eigenvalue weighted by Crippen LogP contribution is 2.17. The molecule has 0 aliphatic rings. The first kappa shape index (κ1) is 17.4. The second-order valence-corrected chi connectivity index (χ2v) is 7.83. The molecule has 0 aliphatic carbocycles. The first-order valence-corrected chi connectivity index (χ1v) is 8.25. The highest BCUT2D eigenvalue weighted by atomic mass is 32.2. The molecule has 0 saturated carbocycles. The van der Waals surface area contributed by atoms with Crippen molar-refractivity contribution in [2.75, 3.05) is 0 Å². The molecule has 1 aromatic carbocycles. The van der Waals surface area contributed by atoms with Gasteiger partial charge in [0.2, 0.25) is 0 Å². The van der Waals surface area contributed by atoms with Crippen LogP contribution >= 0.6 is 0 Å². The van der Waals surface area contributed by atoms with Crippen molar-refractivity contribution in [1.29, 1.82) is 0 Å². The smallest absolute Gasteiger partial charge is 0.144 e. The summed E-state index contributed by atoms with van der Waals surface area (Å²) in [5.74, 6) is 0.233. The second kappa shape index (κ2) is 7.57. The third kappa shape index (κ3) is 5.33. The molecule has 0 radical (unpaired) electrons. The van der Waals surface area contributed by atoms with E-state index in [-0.39, 0.29) is 12.4 Å². The molecule has 122 valence electrons. The molecule has 23 heavy (non-hydrogen) atoms. The fraction of sp³-hybridized carbons (Fsp3) is 0.294. The second-order valence-electron chi connectivity index (χ2n) is 5.89. The Kier molecular flexibility index (Phi) is 5.74. The fourth-order valence-corrected chi connectivity index (χ4v) is 2.11. The van der Waals surface area contributed by atoms with E-state index in [1.807, 2.05) is 20.8 Å². The summed E-state index contributed by atoms with van der Waals surface area (Å²) in [6.45, 7) is 5.70. The van der Waals surface area contributed by atoms with Crippen LogP contribution in [0.1, 0.15) is 32.0 Å². The molecule has 0 saturated heterocycles. The molecule has 0 amide bonds. The molecular weight excluding hydrogens is 315 g/mol. The number of halogens is 1. The predicted molar refractivity (Wildman–Crippen MR) is 90.5 cm³/mol. The van der Waals surface area contributed by atoms with E-state index in [2.05, 4.69) is 9.38 Å². The molecule has 0 bridgehead atoms. The third-order valence-corrected chi connectivity index (χ3v) is 4.26. The summed E-state index contributed by atoms with van der Waals surface area (Å²) in [4.78, 5) is 4.16. The first-order chi connectivity index (χ1) is 10.9. The van der Waals surface area contributed by atoms with Gasteiger partial charge in [-0.05, 0) is 39.0 Å². The highest BCUT2D eigenvalue weighted by molar-refractivity contribution is 7.91. The minimum Gasteiger partial charge on any atom is -0.591 e. The van der Waals surface area contributed by atoms with Crippen molar-refractivity contribution in [2.24, 2.45) is 4.40 Å². The summed E-state index contributed by atoms with van der Waals surface area (Å²) >= 11 is -1.32. The van der Waals surface area contributed by atoms with Crippen LogP contribution in [0.4, 0.5) is 4.39 Å². The predicted octanol–water partition coefficient (Wildman–Crippen LogP) is 3.68. The van der Waals surface area contributed by atoms with Crippen molar-refractivity contribution < 1.29 is 13.7 Å². The van der Waals surface area contributed by atoms with Crippen molar-refractivity contribution in [2.45, 2.75) is 32.1 Å². The monoisotopic (exact) mass is 334 g/mol. The van der Waals surface area contributed by atoms with Gasteiger partial charge in [0.25, 0.3) is 0 Å². The van der Waals surface area contributed by atoms with Crippen molar-refractivity contribution in [3.8, 4) is 5.75 Å². The maximum Gasteiger partial charge on any atom is 0.144 e. The van der Waals surface area contributed by atoms with Gasteiger partial charge in [-0.3, -0.25) is 4.98 Å². The molecule has 0 aliphatic heterocycles. The Balaban J connectivity index is 1.95. The summed E-state index contributed by atoms with van der Waals surface area (Å²) in [6, 6.07) is 9.89. The molecule has 1 atom stereocenters. The maximum atomic E-state index is 13.5. The lowest BCUT2D eigenvalue weighted by molar-refractivity contribution is 0.298. The zero-order valence-corrected chi connectivity index (χ0v) is 14.1. The summed E-state index contributed by atoms with van der Waals surface area (Å²) in [5, 5.41) is 0. The van der Waals surface area contributed by atoms with Gasteiger partial charge in [0.1, 0.15) is 40.5 Å². The average Bonchev–Trinajstić information content (AvgIpc) is 2.52. The lowest BCUT2D eigenvalue weighted by Gasteiger charge is -2.17. The molecule has 6 heteroatoms. The average molecular weight is 334 g/mol. The van der Waals surface area contributed by atoms with Gasteiger partial charge >= 0.3 is 0 Å². The van der Waals surface area contributed by atoms with Gasteiger partial charge < -0.3 is 9.29 Å². The van der Waals surface area contributed by atoms with E-state index in [1.54, 1.807) is 30.3 Å². The zero-order valence-electron chi connectivity index (χ0n) is 13.3.